The van der Waals surface area contributed by atoms with E-state index in [0.717, 1.165) is 22.6 Å². The number of nitrogens with zero attached hydrogens (tertiary/aromatic N) is 1. The number of aryl methyl sites for hydroxylation is 2. The summed E-state index contributed by atoms with van der Waals surface area (Å²) in [4.78, 5) is 16.2. The normalized spacial score (nSPS) is 17.9. The maximum absolute atomic E-state index is 12.5. The van der Waals surface area contributed by atoms with Gasteiger partial charge in [-0.2, -0.15) is 4.72 Å². The Morgan fingerprint density at radius 2 is 2.05 bits per heavy atom. The number of anilines is 1. The summed E-state index contributed by atoms with van der Waals surface area (Å²) in [7, 11) is -3.76. The van der Waals surface area contributed by atoms with Gasteiger partial charge in [-0.15, -0.1) is 11.3 Å². The molecule has 0 radical (unpaired) electrons. The van der Waals surface area contributed by atoms with Crippen LogP contribution < -0.4 is 10.0 Å². The average molecular weight is 337 g/mol. The zero-order valence-electron chi connectivity index (χ0n) is 12.1. The minimum absolute atomic E-state index is 0.164. The molecule has 1 aromatic carbocycles. The van der Waals surface area contributed by atoms with Gasteiger partial charge in [0.25, 0.3) is 10.0 Å². The molecule has 1 atom stereocenters. The van der Waals surface area contributed by atoms with Crippen LogP contribution in [0, 0.1) is 13.8 Å². The predicted molar refractivity (Wildman–Crippen MR) is 84.5 cm³/mol. The van der Waals surface area contributed by atoms with Crippen LogP contribution in [0.5, 0.6) is 0 Å². The fourth-order valence-corrected chi connectivity index (χ4v) is 5.15. The highest BCUT2D eigenvalue weighted by Gasteiger charge is 2.32. The van der Waals surface area contributed by atoms with Crippen LogP contribution in [0.25, 0.3) is 0 Å². The summed E-state index contributed by atoms with van der Waals surface area (Å²) in [6, 6.07) is 6.54. The van der Waals surface area contributed by atoms with Gasteiger partial charge in [0, 0.05) is 5.69 Å². The van der Waals surface area contributed by atoms with Crippen molar-refractivity contribution >= 4 is 33.0 Å². The first-order valence-electron chi connectivity index (χ1n) is 6.72. The van der Waals surface area contributed by atoms with Crippen molar-refractivity contribution in [3.8, 4) is 0 Å². The van der Waals surface area contributed by atoms with E-state index in [2.05, 4.69) is 15.0 Å². The molecule has 2 aromatic rings. The number of amides is 1. The second-order valence-electron chi connectivity index (χ2n) is 5.13. The number of benzene rings is 1. The number of carbonyl (C=O) groups excluding carboxylic acids is 1. The Hall–Kier alpha value is -1.77. The van der Waals surface area contributed by atoms with Crippen molar-refractivity contribution in [3.63, 3.8) is 0 Å². The summed E-state index contributed by atoms with van der Waals surface area (Å²) in [5.41, 5.74) is 2.09. The molecule has 6 nitrogen and oxygen atoms in total. The molecule has 3 rings (SSSR count). The Bertz CT molecular complexity index is 843. The highest BCUT2D eigenvalue weighted by molar-refractivity contribution is 7.91. The quantitative estimate of drug-likeness (QED) is 0.890. The maximum Gasteiger partial charge on any atom is 0.252 e. The second kappa shape index (κ2) is 5.45. The number of thiazole rings is 1. The third-order valence-corrected chi connectivity index (χ3v) is 6.57. The van der Waals surface area contributed by atoms with Crippen LogP contribution in [-0.2, 0) is 21.2 Å². The topological polar surface area (TPSA) is 88.2 Å². The molecule has 22 heavy (non-hydrogen) atoms. The Morgan fingerprint density at radius 3 is 2.73 bits per heavy atom. The molecule has 1 aliphatic heterocycles. The molecule has 0 bridgehead atoms. The van der Waals surface area contributed by atoms with E-state index >= 15 is 0 Å². The molecule has 0 saturated carbocycles. The Kier molecular flexibility index (Phi) is 3.75. The highest BCUT2D eigenvalue weighted by atomic mass is 32.2. The SMILES string of the molecule is Cc1nc(C)c(S(=O)(=O)NC2Cc3ccccc3NC2=O)s1. The number of rotatable bonds is 3. The molecule has 8 heteroatoms. The zero-order chi connectivity index (χ0) is 15.9. The van der Waals surface area contributed by atoms with Crippen LogP contribution in [0.2, 0.25) is 0 Å². The van der Waals surface area contributed by atoms with E-state index in [0.29, 0.717) is 17.1 Å². The number of sulfonamides is 1. The van der Waals surface area contributed by atoms with E-state index < -0.39 is 16.1 Å². The Labute approximate surface area is 132 Å². The van der Waals surface area contributed by atoms with Gasteiger partial charge < -0.3 is 5.32 Å². The molecule has 116 valence electrons. The van der Waals surface area contributed by atoms with E-state index in [1.807, 2.05) is 18.2 Å². The zero-order valence-corrected chi connectivity index (χ0v) is 13.7. The van der Waals surface area contributed by atoms with Gasteiger partial charge in [-0.1, -0.05) is 18.2 Å². The second-order valence-corrected chi connectivity index (χ2v) is 8.24. The van der Waals surface area contributed by atoms with Crippen LogP contribution >= 0.6 is 11.3 Å². The molecule has 0 fully saturated rings. The van der Waals surface area contributed by atoms with E-state index in [1.165, 1.54) is 0 Å². The molecule has 0 spiro atoms. The molecule has 1 aromatic heterocycles. The van der Waals surface area contributed by atoms with Gasteiger partial charge in [-0.3, -0.25) is 4.79 Å². The number of hydrogen-bond acceptors (Lipinski definition) is 5. The van der Waals surface area contributed by atoms with Crippen molar-refractivity contribution in [1.29, 1.82) is 0 Å². The van der Waals surface area contributed by atoms with Gasteiger partial charge in [0.2, 0.25) is 5.91 Å². The summed E-state index contributed by atoms with van der Waals surface area (Å²) >= 11 is 1.10. The van der Waals surface area contributed by atoms with Crippen LogP contribution in [-0.4, -0.2) is 25.4 Å². The number of carbonyl (C=O) groups is 1. The first-order chi connectivity index (χ1) is 10.4. The largest absolute Gasteiger partial charge is 0.324 e. The van der Waals surface area contributed by atoms with Crippen molar-refractivity contribution in [2.45, 2.75) is 30.5 Å². The molecule has 2 heterocycles. The van der Waals surface area contributed by atoms with Crippen LogP contribution in [0.1, 0.15) is 16.3 Å². The number of nitrogens with one attached hydrogen (secondary N) is 2. The van der Waals surface area contributed by atoms with Gasteiger partial charge in [-0.05, 0) is 31.9 Å². The van der Waals surface area contributed by atoms with E-state index in [9.17, 15) is 13.2 Å². The van der Waals surface area contributed by atoms with Gasteiger partial charge in [-0.25, -0.2) is 13.4 Å². The lowest BCUT2D eigenvalue weighted by molar-refractivity contribution is -0.118. The minimum atomic E-state index is -3.76. The molecular weight excluding hydrogens is 322 g/mol. The summed E-state index contributed by atoms with van der Waals surface area (Å²) < 4.78 is 27.6. The lowest BCUT2D eigenvalue weighted by atomic mass is 10.00. The predicted octanol–water partition coefficient (Wildman–Crippen LogP) is 1.60. The third kappa shape index (κ3) is 2.77. The van der Waals surface area contributed by atoms with E-state index in [4.69, 9.17) is 0 Å². The van der Waals surface area contributed by atoms with Crippen LogP contribution in [0.4, 0.5) is 5.69 Å². The van der Waals surface area contributed by atoms with Crippen molar-refractivity contribution in [3.05, 3.63) is 40.5 Å². The minimum Gasteiger partial charge on any atom is -0.324 e. The Balaban J connectivity index is 1.87. The average Bonchev–Trinajstić information content (AvgIpc) is 2.79. The van der Waals surface area contributed by atoms with Gasteiger partial charge in [0.05, 0.1) is 10.7 Å². The molecule has 1 amide bonds. The smallest absolute Gasteiger partial charge is 0.252 e. The van der Waals surface area contributed by atoms with Gasteiger partial charge in [0.1, 0.15) is 6.04 Å². The van der Waals surface area contributed by atoms with E-state index in [1.54, 1.807) is 19.9 Å². The number of aromatic nitrogens is 1. The van der Waals surface area contributed by atoms with Gasteiger partial charge in [0.15, 0.2) is 4.21 Å². The first-order valence-corrected chi connectivity index (χ1v) is 9.02. The monoisotopic (exact) mass is 337 g/mol. The molecule has 2 N–H and O–H groups in total. The lowest BCUT2D eigenvalue weighted by Crippen LogP contribution is -2.47. The van der Waals surface area contributed by atoms with Crippen LogP contribution in [0.15, 0.2) is 28.5 Å². The molecule has 0 aliphatic carbocycles. The van der Waals surface area contributed by atoms with Crippen molar-refractivity contribution in [2.75, 3.05) is 5.32 Å². The van der Waals surface area contributed by atoms with Crippen molar-refractivity contribution in [2.24, 2.45) is 0 Å². The fourth-order valence-electron chi connectivity index (χ4n) is 2.45. The third-order valence-electron chi connectivity index (χ3n) is 3.42. The summed E-state index contributed by atoms with van der Waals surface area (Å²) in [5, 5.41) is 3.40. The molecule has 0 saturated heterocycles. The maximum atomic E-state index is 12.5. The number of fused-ring (bicyclic) bond motifs is 1. The first kappa shape index (κ1) is 15.1. The number of para-hydroxylation sites is 1. The standard InChI is InChI=1S/C14H15N3O3S2/c1-8-14(21-9(2)15-8)22(19,20)17-12-7-10-5-3-4-6-11(10)16-13(12)18/h3-6,12,17H,7H2,1-2H3,(H,16,18). The Morgan fingerprint density at radius 1 is 1.32 bits per heavy atom. The lowest BCUT2D eigenvalue weighted by Gasteiger charge is -2.24. The summed E-state index contributed by atoms with van der Waals surface area (Å²) in [5.74, 6) is -0.346. The fraction of sp³-hybridized carbons (Fsp3) is 0.286. The molecule has 1 unspecified atom stereocenters. The number of hydrogen-bond donors (Lipinski definition) is 2. The summed E-state index contributed by atoms with van der Waals surface area (Å²) in [6.07, 6.45) is 0.331. The van der Waals surface area contributed by atoms with Crippen LogP contribution in [0.3, 0.4) is 0 Å². The molecular formula is C14H15N3O3S2. The van der Waals surface area contributed by atoms with E-state index in [-0.39, 0.29) is 10.1 Å². The van der Waals surface area contributed by atoms with Gasteiger partial charge >= 0.3 is 0 Å². The highest BCUT2D eigenvalue weighted by Crippen LogP contribution is 2.26. The molecule has 1 aliphatic rings. The van der Waals surface area contributed by atoms with Crippen molar-refractivity contribution < 1.29 is 13.2 Å². The summed E-state index contributed by atoms with van der Waals surface area (Å²) in [6.45, 7) is 3.40. The van der Waals surface area contributed by atoms with Crippen molar-refractivity contribution in [1.82, 2.24) is 9.71 Å².